The van der Waals surface area contributed by atoms with Crippen LogP contribution in [-0.4, -0.2) is 11.2 Å². The fraction of sp³-hybridized carbons (Fsp3) is 0.222. The van der Waals surface area contributed by atoms with E-state index >= 15 is 0 Å². The van der Waals surface area contributed by atoms with E-state index in [2.05, 4.69) is 4.98 Å². The van der Waals surface area contributed by atoms with Gasteiger partial charge in [-0.25, -0.2) is 0 Å². The second kappa shape index (κ2) is 7.09. The lowest BCUT2D eigenvalue weighted by Crippen LogP contribution is -2.34. The van der Waals surface area contributed by atoms with Crippen LogP contribution in [0.3, 0.4) is 0 Å². The summed E-state index contributed by atoms with van der Waals surface area (Å²) in [5, 5.41) is 3.45. The predicted molar refractivity (Wildman–Crippen MR) is 123 cm³/mol. The molecule has 0 bridgehead atoms. The van der Waals surface area contributed by atoms with Crippen LogP contribution in [-0.2, 0) is 6.37 Å². The molecule has 5 aromatic rings. The van der Waals surface area contributed by atoms with Gasteiger partial charge >= 0.3 is 6.18 Å². The molecule has 2 heterocycles. The monoisotopic (exact) mass is 438 g/mol. The number of aryl methyl sites for hydroxylation is 1. The molecule has 0 atom stereocenters. The highest BCUT2D eigenvalue weighted by Crippen LogP contribution is 2.42. The lowest BCUT2D eigenvalue weighted by Gasteiger charge is -2.28. The second-order valence-corrected chi connectivity index (χ2v) is 8.31. The molecule has 0 radical (unpaired) electrons. The standard InChI is InChI=1S/C27H22F3NO/c1-16-15-31-23(13-18(16)14-26(2,3)27(28,29)30)22-10-6-9-20-21-12-11-17-7-4-5-8-19(17)24(21)32-25(20)22/h4-13,15H,14H2,1-3H3/i1D3,14D2. The highest BCUT2D eigenvalue weighted by atomic mass is 19.4. The van der Waals surface area contributed by atoms with Gasteiger partial charge in [0.1, 0.15) is 11.2 Å². The van der Waals surface area contributed by atoms with Crippen molar-refractivity contribution in [3.05, 3.63) is 78.0 Å². The number of halogens is 3. The number of furan rings is 1. The Bertz CT molecular complexity index is 1670. The maximum atomic E-state index is 13.9. The Balaban J connectivity index is 1.79. The number of hydrogen-bond acceptors (Lipinski definition) is 2. The van der Waals surface area contributed by atoms with E-state index in [0.717, 1.165) is 47.7 Å². The van der Waals surface area contributed by atoms with E-state index in [1.165, 1.54) is 0 Å². The molecule has 0 unspecified atom stereocenters. The zero-order valence-electron chi connectivity index (χ0n) is 22.3. The first-order chi connectivity index (χ1) is 17.1. The molecule has 2 aromatic heterocycles. The van der Waals surface area contributed by atoms with Crippen LogP contribution in [0.1, 0.15) is 31.8 Å². The highest BCUT2D eigenvalue weighted by molar-refractivity contribution is 6.17. The van der Waals surface area contributed by atoms with E-state index in [4.69, 9.17) is 11.3 Å². The van der Waals surface area contributed by atoms with Crippen LogP contribution in [0.2, 0.25) is 0 Å². The Morgan fingerprint density at radius 2 is 1.69 bits per heavy atom. The number of alkyl halides is 3. The topological polar surface area (TPSA) is 26.0 Å². The van der Waals surface area contributed by atoms with Crippen LogP contribution in [0.25, 0.3) is 44.0 Å². The second-order valence-electron chi connectivity index (χ2n) is 8.31. The Morgan fingerprint density at radius 1 is 0.938 bits per heavy atom. The average Bonchev–Trinajstić information content (AvgIpc) is 3.21. The maximum Gasteiger partial charge on any atom is 0.394 e. The molecular formula is C27H22F3NO. The minimum Gasteiger partial charge on any atom is -0.455 e. The van der Waals surface area contributed by atoms with Crippen LogP contribution in [0.4, 0.5) is 13.2 Å². The fourth-order valence-electron chi connectivity index (χ4n) is 3.84. The SMILES string of the molecule is [2H]C([2H])([2H])c1cnc(-c2cccc3c2oc2c4ccccc4ccc32)cc1C([2H])([2H])C(C)(C)C(F)(F)F. The molecule has 0 aliphatic heterocycles. The van der Waals surface area contributed by atoms with Crippen LogP contribution in [0.15, 0.2) is 71.3 Å². The smallest absolute Gasteiger partial charge is 0.394 e. The van der Waals surface area contributed by atoms with E-state index in [0.29, 0.717) is 16.7 Å². The molecule has 5 heteroatoms. The normalized spacial score (nSPS) is 16.0. The molecule has 2 nitrogen and oxygen atoms in total. The van der Waals surface area contributed by atoms with Gasteiger partial charge in [-0.2, -0.15) is 13.2 Å². The summed E-state index contributed by atoms with van der Waals surface area (Å²) in [6.07, 6.45) is -7.07. The van der Waals surface area contributed by atoms with Crippen molar-refractivity contribution in [2.75, 3.05) is 0 Å². The number of fused-ring (bicyclic) bond motifs is 5. The van der Waals surface area contributed by atoms with Gasteiger partial charge in [-0.1, -0.05) is 56.3 Å². The molecule has 0 saturated carbocycles. The lowest BCUT2D eigenvalue weighted by atomic mass is 9.83. The predicted octanol–water partition coefficient (Wildman–Crippen LogP) is 8.24. The third-order valence-electron chi connectivity index (χ3n) is 5.72. The van der Waals surface area contributed by atoms with Gasteiger partial charge in [0.25, 0.3) is 0 Å². The molecular weight excluding hydrogens is 411 g/mol. The van der Waals surface area contributed by atoms with Gasteiger partial charge in [0.2, 0.25) is 0 Å². The van der Waals surface area contributed by atoms with Crippen molar-refractivity contribution in [3.8, 4) is 11.3 Å². The van der Waals surface area contributed by atoms with Gasteiger partial charge in [-0.15, -0.1) is 0 Å². The van der Waals surface area contributed by atoms with Crippen molar-refractivity contribution in [3.63, 3.8) is 0 Å². The number of aromatic nitrogens is 1. The van der Waals surface area contributed by atoms with Gasteiger partial charge < -0.3 is 4.42 Å². The molecule has 0 amide bonds. The van der Waals surface area contributed by atoms with E-state index in [1.807, 2.05) is 42.5 Å². The van der Waals surface area contributed by atoms with Crippen molar-refractivity contribution in [1.29, 1.82) is 0 Å². The van der Waals surface area contributed by atoms with Crippen LogP contribution in [0, 0.1) is 12.3 Å². The van der Waals surface area contributed by atoms with Crippen molar-refractivity contribution in [1.82, 2.24) is 4.98 Å². The van der Waals surface area contributed by atoms with Crippen molar-refractivity contribution >= 4 is 32.7 Å². The van der Waals surface area contributed by atoms with Gasteiger partial charge in [-0.3, -0.25) is 4.98 Å². The first kappa shape index (κ1) is 15.5. The molecule has 0 N–H and O–H groups in total. The Hall–Kier alpha value is -3.34. The summed E-state index contributed by atoms with van der Waals surface area (Å²) in [6.45, 7) is -1.43. The maximum absolute atomic E-state index is 13.9. The van der Waals surface area contributed by atoms with Crippen molar-refractivity contribution < 1.29 is 24.4 Å². The number of para-hydroxylation sites is 1. The highest BCUT2D eigenvalue weighted by Gasteiger charge is 2.47. The number of nitrogens with zero attached hydrogens (tertiary/aromatic N) is 1. The molecule has 0 spiro atoms. The number of hydrogen-bond donors (Lipinski definition) is 0. The van der Waals surface area contributed by atoms with E-state index < -0.39 is 35.9 Å². The van der Waals surface area contributed by atoms with Crippen LogP contribution >= 0.6 is 0 Å². The molecule has 0 aliphatic rings. The largest absolute Gasteiger partial charge is 0.455 e. The van der Waals surface area contributed by atoms with Gasteiger partial charge in [0.15, 0.2) is 0 Å². The first-order valence-electron chi connectivity index (χ1n) is 12.6. The quantitative estimate of drug-likeness (QED) is 0.283. The summed E-state index contributed by atoms with van der Waals surface area (Å²) < 4.78 is 88.5. The Kier molecular flexibility index (Phi) is 3.43. The van der Waals surface area contributed by atoms with Crippen molar-refractivity contribution in [2.45, 2.75) is 33.2 Å². The number of benzene rings is 3. The summed E-state index contributed by atoms with van der Waals surface area (Å²) >= 11 is 0. The third-order valence-corrected chi connectivity index (χ3v) is 5.72. The van der Waals surface area contributed by atoms with Crippen LogP contribution < -0.4 is 0 Å². The molecule has 0 aliphatic carbocycles. The van der Waals surface area contributed by atoms with E-state index in [-0.39, 0.29) is 5.69 Å². The first-order valence-corrected chi connectivity index (χ1v) is 10.1. The fourth-order valence-corrected chi connectivity index (χ4v) is 3.84. The number of rotatable bonds is 3. The molecule has 0 fully saturated rings. The van der Waals surface area contributed by atoms with Crippen molar-refractivity contribution in [2.24, 2.45) is 5.41 Å². The lowest BCUT2D eigenvalue weighted by molar-refractivity contribution is -0.211. The van der Waals surface area contributed by atoms with Gasteiger partial charge in [0, 0.05) is 34.8 Å². The zero-order valence-corrected chi connectivity index (χ0v) is 17.3. The van der Waals surface area contributed by atoms with Gasteiger partial charge in [0.05, 0.1) is 11.1 Å². The molecule has 0 saturated heterocycles. The Labute approximate surface area is 190 Å². The third kappa shape index (κ3) is 3.24. The molecule has 162 valence electrons. The molecule has 5 rings (SSSR count). The van der Waals surface area contributed by atoms with Crippen LogP contribution in [0.5, 0.6) is 0 Å². The summed E-state index contributed by atoms with van der Waals surface area (Å²) in [4.78, 5) is 4.25. The minimum atomic E-state index is -4.94. The Morgan fingerprint density at radius 3 is 2.47 bits per heavy atom. The summed E-state index contributed by atoms with van der Waals surface area (Å²) in [5.74, 6) is 0. The molecule has 32 heavy (non-hydrogen) atoms. The van der Waals surface area contributed by atoms with E-state index in [9.17, 15) is 13.2 Å². The molecule has 3 aromatic carbocycles. The average molecular weight is 439 g/mol. The van der Waals surface area contributed by atoms with E-state index in [1.54, 1.807) is 12.1 Å². The summed E-state index contributed by atoms with van der Waals surface area (Å²) in [6, 6.07) is 17.9. The summed E-state index contributed by atoms with van der Waals surface area (Å²) in [5.41, 5.74) is -2.46. The zero-order chi connectivity index (χ0) is 27.0. The minimum absolute atomic E-state index is 0.110. The number of pyridine rings is 1. The van der Waals surface area contributed by atoms with Gasteiger partial charge in [-0.05, 0) is 47.9 Å². The summed E-state index contributed by atoms with van der Waals surface area (Å²) in [7, 11) is 0.